The molecule has 1 aliphatic rings. The number of hydrogen-bond acceptors (Lipinski definition) is 4. The lowest BCUT2D eigenvalue weighted by atomic mass is 9.95. The highest BCUT2D eigenvalue weighted by Gasteiger charge is 2.43. The highest BCUT2D eigenvalue weighted by molar-refractivity contribution is 5.73. The van der Waals surface area contributed by atoms with Crippen LogP contribution in [0.4, 0.5) is 0 Å². The van der Waals surface area contributed by atoms with Gasteiger partial charge in [-0.25, -0.2) is 0 Å². The summed E-state index contributed by atoms with van der Waals surface area (Å²) in [4.78, 5) is 13.6. The molecular formula is C11H21NO3. The molecule has 88 valence electrons. The van der Waals surface area contributed by atoms with Gasteiger partial charge in [0.2, 0.25) is 0 Å². The summed E-state index contributed by atoms with van der Waals surface area (Å²) in [6.07, 6.45) is 0.816. The van der Waals surface area contributed by atoms with Crippen LogP contribution in [-0.2, 0) is 14.3 Å². The molecule has 0 spiro atoms. The topological polar surface area (TPSA) is 38.8 Å². The minimum Gasteiger partial charge on any atom is -0.469 e. The van der Waals surface area contributed by atoms with Crippen molar-refractivity contribution in [3.05, 3.63) is 0 Å². The molecule has 1 saturated heterocycles. The second-order valence-electron chi connectivity index (χ2n) is 4.44. The van der Waals surface area contributed by atoms with Crippen LogP contribution < -0.4 is 0 Å². The summed E-state index contributed by atoms with van der Waals surface area (Å²) in [6.45, 7) is 6.26. The molecule has 0 N–H and O–H groups in total. The monoisotopic (exact) mass is 215 g/mol. The van der Waals surface area contributed by atoms with E-state index < -0.39 is 0 Å². The van der Waals surface area contributed by atoms with Crippen molar-refractivity contribution >= 4 is 5.97 Å². The number of carbonyl (C=O) groups excluding carboxylic acids is 1. The fourth-order valence-electron chi connectivity index (χ4n) is 2.12. The van der Waals surface area contributed by atoms with Gasteiger partial charge in [0.15, 0.2) is 0 Å². The van der Waals surface area contributed by atoms with Gasteiger partial charge in [-0.15, -0.1) is 0 Å². The van der Waals surface area contributed by atoms with E-state index in [0.717, 1.165) is 13.0 Å². The Morgan fingerprint density at radius 1 is 1.60 bits per heavy atom. The SMILES string of the molecule is CCOC[C@]1(C)CC(C(=O)OC)CN1C. The van der Waals surface area contributed by atoms with Crippen LogP contribution in [0.2, 0.25) is 0 Å². The second kappa shape index (κ2) is 4.94. The van der Waals surface area contributed by atoms with E-state index in [0.29, 0.717) is 13.2 Å². The fourth-order valence-corrected chi connectivity index (χ4v) is 2.12. The van der Waals surface area contributed by atoms with Gasteiger partial charge >= 0.3 is 5.97 Å². The normalized spacial score (nSPS) is 31.9. The van der Waals surface area contributed by atoms with Crippen molar-refractivity contribution in [3.63, 3.8) is 0 Å². The Morgan fingerprint density at radius 3 is 2.80 bits per heavy atom. The Kier molecular flexibility index (Phi) is 4.11. The standard InChI is InChI=1S/C11H21NO3/c1-5-15-8-11(2)6-9(7-12(11)3)10(13)14-4/h9H,5-8H2,1-4H3/t9?,11-/m0/s1. The number of likely N-dealkylation sites (tertiary alicyclic amines) is 1. The van der Waals surface area contributed by atoms with Crippen molar-refractivity contribution in [2.75, 3.05) is 33.9 Å². The molecule has 1 fully saturated rings. The molecule has 1 unspecified atom stereocenters. The quantitative estimate of drug-likeness (QED) is 0.653. The second-order valence-corrected chi connectivity index (χ2v) is 4.44. The predicted octanol–water partition coefficient (Wildman–Crippen LogP) is 0.906. The Labute approximate surface area is 91.5 Å². The summed E-state index contributed by atoms with van der Waals surface area (Å²) in [5.74, 6) is -0.118. The fraction of sp³-hybridized carbons (Fsp3) is 0.909. The molecule has 0 saturated carbocycles. The minimum atomic E-state index is -0.109. The molecule has 0 aromatic heterocycles. The number of likely N-dealkylation sites (N-methyl/N-ethyl adjacent to an activating group) is 1. The molecular weight excluding hydrogens is 194 g/mol. The molecule has 4 heteroatoms. The van der Waals surface area contributed by atoms with Crippen molar-refractivity contribution in [2.45, 2.75) is 25.8 Å². The van der Waals surface area contributed by atoms with Crippen molar-refractivity contribution in [2.24, 2.45) is 5.92 Å². The maximum absolute atomic E-state index is 11.4. The van der Waals surface area contributed by atoms with Crippen LogP contribution in [0, 0.1) is 5.92 Å². The average molecular weight is 215 g/mol. The van der Waals surface area contributed by atoms with Gasteiger partial charge in [0, 0.05) is 18.7 Å². The molecule has 1 aliphatic heterocycles. The van der Waals surface area contributed by atoms with E-state index in [1.165, 1.54) is 7.11 Å². The van der Waals surface area contributed by atoms with Gasteiger partial charge in [-0.1, -0.05) is 0 Å². The van der Waals surface area contributed by atoms with E-state index >= 15 is 0 Å². The first kappa shape index (κ1) is 12.5. The van der Waals surface area contributed by atoms with E-state index in [1.807, 2.05) is 14.0 Å². The third kappa shape index (κ3) is 2.69. The number of hydrogen-bond donors (Lipinski definition) is 0. The van der Waals surface area contributed by atoms with Crippen molar-refractivity contribution in [1.82, 2.24) is 4.90 Å². The van der Waals surface area contributed by atoms with E-state index in [9.17, 15) is 4.79 Å². The smallest absolute Gasteiger partial charge is 0.310 e. The minimum absolute atomic E-state index is 0.00884. The summed E-state index contributed by atoms with van der Waals surface area (Å²) in [5, 5.41) is 0. The first-order valence-electron chi connectivity index (χ1n) is 5.40. The number of carbonyl (C=O) groups is 1. The average Bonchev–Trinajstić information content (AvgIpc) is 2.52. The lowest BCUT2D eigenvalue weighted by Crippen LogP contribution is -2.42. The van der Waals surface area contributed by atoms with Gasteiger partial charge < -0.3 is 9.47 Å². The summed E-state index contributed by atoms with van der Waals surface area (Å²) < 4.78 is 10.2. The first-order chi connectivity index (χ1) is 7.03. The zero-order chi connectivity index (χ0) is 11.5. The molecule has 0 aliphatic carbocycles. The van der Waals surface area contributed by atoms with Gasteiger partial charge in [0.25, 0.3) is 0 Å². The molecule has 0 aromatic carbocycles. The third-order valence-corrected chi connectivity index (χ3v) is 3.25. The highest BCUT2D eigenvalue weighted by Crippen LogP contribution is 2.32. The number of rotatable bonds is 4. The Balaban J connectivity index is 2.58. The number of ether oxygens (including phenoxy) is 2. The number of esters is 1. The van der Waals surface area contributed by atoms with Crippen molar-refractivity contribution < 1.29 is 14.3 Å². The summed E-state index contributed by atoms with van der Waals surface area (Å²) >= 11 is 0. The Hall–Kier alpha value is -0.610. The molecule has 1 rings (SSSR count). The summed E-state index contributed by atoms with van der Waals surface area (Å²) in [5.41, 5.74) is -0.0329. The lowest BCUT2D eigenvalue weighted by Gasteiger charge is -2.31. The molecule has 15 heavy (non-hydrogen) atoms. The van der Waals surface area contributed by atoms with Crippen LogP contribution in [0.1, 0.15) is 20.3 Å². The largest absolute Gasteiger partial charge is 0.469 e. The molecule has 0 radical (unpaired) electrons. The Bertz CT molecular complexity index is 232. The van der Waals surface area contributed by atoms with Crippen LogP contribution in [0.3, 0.4) is 0 Å². The van der Waals surface area contributed by atoms with Gasteiger partial charge in [-0.05, 0) is 27.3 Å². The maximum atomic E-state index is 11.4. The van der Waals surface area contributed by atoms with E-state index in [4.69, 9.17) is 9.47 Å². The zero-order valence-electron chi connectivity index (χ0n) is 10.1. The molecule has 4 nitrogen and oxygen atoms in total. The molecule has 0 aromatic rings. The van der Waals surface area contributed by atoms with Crippen molar-refractivity contribution in [1.29, 1.82) is 0 Å². The van der Waals surface area contributed by atoms with Crippen LogP contribution >= 0.6 is 0 Å². The maximum Gasteiger partial charge on any atom is 0.310 e. The van der Waals surface area contributed by atoms with Gasteiger partial charge in [-0.3, -0.25) is 9.69 Å². The van der Waals surface area contributed by atoms with Crippen LogP contribution in [-0.4, -0.2) is 50.3 Å². The summed E-state index contributed by atoms with van der Waals surface area (Å²) in [7, 11) is 3.47. The third-order valence-electron chi connectivity index (χ3n) is 3.25. The van der Waals surface area contributed by atoms with E-state index in [2.05, 4.69) is 11.8 Å². The summed E-state index contributed by atoms with van der Waals surface area (Å²) in [6, 6.07) is 0. The van der Waals surface area contributed by atoms with Crippen molar-refractivity contribution in [3.8, 4) is 0 Å². The van der Waals surface area contributed by atoms with Gasteiger partial charge in [0.05, 0.1) is 19.6 Å². The lowest BCUT2D eigenvalue weighted by molar-refractivity contribution is -0.145. The van der Waals surface area contributed by atoms with Crippen LogP contribution in [0.25, 0.3) is 0 Å². The van der Waals surface area contributed by atoms with Gasteiger partial charge in [0.1, 0.15) is 0 Å². The zero-order valence-corrected chi connectivity index (χ0v) is 10.1. The number of methoxy groups -OCH3 is 1. The van der Waals surface area contributed by atoms with Gasteiger partial charge in [-0.2, -0.15) is 0 Å². The first-order valence-corrected chi connectivity index (χ1v) is 5.40. The van der Waals surface area contributed by atoms with Crippen LogP contribution in [0.5, 0.6) is 0 Å². The number of nitrogens with zero attached hydrogens (tertiary/aromatic N) is 1. The highest BCUT2D eigenvalue weighted by atomic mass is 16.5. The molecule has 1 heterocycles. The van der Waals surface area contributed by atoms with Crippen LogP contribution in [0.15, 0.2) is 0 Å². The Morgan fingerprint density at radius 2 is 2.27 bits per heavy atom. The predicted molar refractivity (Wildman–Crippen MR) is 57.7 cm³/mol. The molecule has 2 atom stereocenters. The van der Waals surface area contributed by atoms with E-state index in [-0.39, 0.29) is 17.4 Å². The molecule has 0 amide bonds. The molecule has 0 bridgehead atoms. The van der Waals surface area contributed by atoms with E-state index in [1.54, 1.807) is 0 Å².